The Bertz CT molecular complexity index is 884. The van der Waals surface area contributed by atoms with Crippen LogP contribution in [0.1, 0.15) is 24.8 Å². The Morgan fingerprint density at radius 2 is 1.90 bits per heavy atom. The summed E-state index contributed by atoms with van der Waals surface area (Å²) in [7, 11) is 3.21. The summed E-state index contributed by atoms with van der Waals surface area (Å²) < 4.78 is 19.1. The summed E-state index contributed by atoms with van der Waals surface area (Å²) in [5, 5.41) is 2.79. The predicted molar refractivity (Wildman–Crippen MR) is 114 cm³/mol. The second kappa shape index (κ2) is 9.85. The minimum Gasteiger partial charge on any atom is -0.384 e. The first kappa shape index (κ1) is 22.0. The number of amides is 2. The third kappa shape index (κ3) is 4.87. The van der Waals surface area contributed by atoms with Gasteiger partial charge >= 0.3 is 0 Å². The Balaban J connectivity index is 1.80. The molecule has 0 aromatic heterocycles. The molecule has 0 radical (unpaired) electrons. The number of hydrogen-bond acceptors (Lipinski definition) is 3. The molecule has 5 nitrogen and oxygen atoms in total. The molecule has 1 heterocycles. The standard InChI is InChI=1S/C24H29FN2O3/c1-26-23(29)24(13-5-14-27(17-24)22(28)12-15-30-2)16-18-8-10-19(11-9-18)20-6-3-4-7-21(20)25/h3-4,6-11H,5,12-17H2,1-2H3,(H,26,29)/t24-/m0/s1. The van der Waals surface area contributed by atoms with Crippen LogP contribution < -0.4 is 5.32 Å². The molecule has 3 rings (SSSR count). The highest BCUT2D eigenvalue weighted by atomic mass is 19.1. The Labute approximate surface area is 177 Å². The van der Waals surface area contributed by atoms with E-state index in [9.17, 15) is 14.0 Å². The van der Waals surface area contributed by atoms with Crippen molar-refractivity contribution in [3.63, 3.8) is 0 Å². The molecule has 0 bridgehead atoms. The van der Waals surface area contributed by atoms with Crippen molar-refractivity contribution in [2.45, 2.75) is 25.7 Å². The summed E-state index contributed by atoms with van der Waals surface area (Å²) in [6, 6.07) is 14.3. The lowest BCUT2D eigenvalue weighted by atomic mass is 9.74. The first-order valence-corrected chi connectivity index (χ1v) is 10.3. The number of benzene rings is 2. The fourth-order valence-electron chi connectivity index (χ4n) is 4.26. The lowest BCUT2D eigenvalue weighted by molar-refractivity contribution is -0.141. The normalized spacial score (nSPS) is 18.8. The molecule has 2 aromatic carbocycles. The number of likely N-dealkylation sites (tertiary alicyclic amines) is 1. The SMILES string of the molecule is CNC(=O)[C@]1(Cc2ccc(-c3ccccc3F)cc2)CCCN(C(=O)CCOC)C1. The predicted octanol–water partition coefficient (Wildman–Crippen LogP) is 3.43. The highest BCUT2D eigenvalue weighted by molar-refractivity contribution is 5.85. The highest BCUT2D eigenvalue weighted by Crippen LogP contribution is 2.35. The van der Waals surface area contributed by atoms with Crippen LogP contribution in [-0.4, -0.2) is 50.6 Å². The number of methoxy groups -OCH3 is 1. The Kier molecular flexibility index (Phi) is 7.21. The molecule has 2 aromatic rings. The summed E-state index contributed by atoms with van der Waals surface area (Å²) >= 11 is 0. The summed E-state index contributed by atoms with van der Waals surface area (Å²) in [5.41, 5.74) is 1.67. The van der Waals surface area contributed by atoms with Crippen molar-refractivity contribution in [2.24, 2.45) is 5.41 Å². The second-order valence-electron chi connectivity index (χ2n) is 7.87. The number of rotatable bonds is 7. The molecule has 160 valence electrons. The molecule has 1 aliphatic heterocycles. The lowest BCUT2D eigenvalue weighted by Gasteiger charge is -2.41. The van der Waals surface area contributed by atoms with Crippen LogP contribution in [0.15, 0.2) is 48.5 Å². The van der Waals surface area contributed by atoms with Gasteiger partial charge in [-0.15, -0.1) is 0 Å². The Morgan fingerprint density at radius 1 is 1.17 bits per heavy atom. The third-order valence-electron chi connectivity index (χ3n) is 5.84. The van der Waals surface area contributed by atoms with Crippen LogP contribution in [0.25, 0.3) is 11.1 Å². The third-order valence-corrected chi connectivity index (χ3v) is 5.84. The average Bonchev–Trinajstić information content (AvgIpc) is 2.78. The van der Waals surface area contributed by atoms with E-state index in [-0.39, 0.29) is 17.6 Å². The number of piperidine rings is 1. The number of nitrogens with one attached hydrogen (secondary N) is 1. The Hall–Kier alpha value is -2.73. The zero-order valence-corrected chi connectivity index (χ0v) is 17.6. The van der Waals surface area contributed by atoms with Crippen LogP contribution >= 0.6 is 0 Å². The molecule has 0 unspecified atom stereocenters. The van der Waals surface area contributed by atoms with Gasteiger partial charge in [-0.1, -0.05) is 42.5 Å². The van der Waals surface area contributed by atoms with Crippen LogP contribution in [0.4, 0.5) is 4.39 Å². The zero-order chi connectivity index (χ0) is 21.6. The van der Waals surface area contributed by atoms with Gasteiger partial charge in [-0.25, -0.2) is 4.39 Å². The molecule has 0 saturated carbocycles. The minimum absolute atomic E-state index is 0.0136. The molecule has 1 aliphatic rings. The Morgan fingerprint density at radius 3 is 2.57 bits per heavy atom. The summed E-state index contributed by atoms with van der Waals surface area (Å²) in [6.07, 6.45) is 2.34. The van der Waals surface area contributed by atoms with Gasteiger partial charge in [0.15, 0.2) is 0 Å². The van der Waals surface area contributed by atoms with E-state index in [0.717, 1.165) is 24.0 Å². The largest absolute Gasteiger partial charge is 0.384 e. The van der Waals surface area contributed by atoms with Gasteiger partial charge < -0.3 is 15.0 Å². The maximum atomic E-state index is 14.1. The fourth-order valence-corrected chi connectivity index (χ4v) is 4.26. The van der Waals surface area contributed by atoms with Crippen LogP contribution in [0.5, 0.6) is 0 Å². The van der Waals surface area contributed by atoms with E-state index in [4.69, 9.17) is 4.74 Å². The van der Waals surface area contributed by atoms with Gasteiger partial charge in [0.05, 0.1) is 18.4 Å². The van der Waals surface area contributed by atoms with Crippen molar-refractivity contribution in [1.82, 2.24) is 10.2 Å². The fraction of sp³-hybridized carbons (Fsp3) is 0.417. The van der Waals surface area contributed by atoms with E-state index in [2.05, 4.69) is 5.32 Å². The molecule has 1 N–H and O–H groups in total. The molecular formula is C24H29FN2O3. The number of nitrogens with zero attached hydrogens (tertiary/aromatic N) is 1. The van der Waals surface area contributed by atoms with Gasteiger partial charge in [0.25, 0.3) is 0 Å². The number of carbonyl (C=O) groups excluding carboxylic acids is 2. The van der Waals surface area contributed by atoms with Crippen molar-refractivity contribution < 1.29 is 18.7 Å². The summed E-state index contributed by atoms with van der Waals surface area (Å²) in [4.78, 5) is 27.2. The highest BCUT2D eigenvalue weighted by Gasteiger charge is 2.42. The van der Waals surface area contributed by atoms with Gasteiger partial charge in [-0.3, -0.25) is 9.59 Å². The van der Waals surface area contributed by atoms with Crippen LogP contribution in [0.2, 0.25) is 0 Å². The first-order chi connectivity index (χ1) is 14.5. The molecule has 0 aliphatic carbocycles. The maximum absolute atomic E-state index is 14.1. The van der Waals surface area contributed by atoms with Gasteiger partial charge in [0.2, 0.25) is 11.8 Å². The quantitative estimate of drug-likeness (QED) is 0.758. The monoisotopic (exact) mass is 412 g/mol. The van der Waals surface area contributed by atoms with E-state index in [0.29, 0.717) is 38.1 Å². The number of ether oxygens (including phenoxy) is 1. The first-order valence-electron chi connectivity index (χ1n) is 10.3. The van der Waals surface area contributed by atoms with Crippen LogP contribution in [0, 0.1) is 11.2 Å². The molecule has 1 saturated heterocycles. The van der Waals surface area contributed by atoms with Gasteiger partial charge in [0.1, 0.15) is 5.82 Å². The van der Waals surface area contributed by atoms with Crippen molar-refractivity contribution in [1.29, 1.82) is 0 Å². The van der Waals surface area contributed by atoms with E-state index >= 15 is 0 Å². The number of halogens is 1. The molecule has 6 heteroatoms. The zero-order valence-electron chi connectivity index (χ0n) is 17.6. The molecule has 30 heavy (non-hydrogen) atoms. The summed E-state index contributed by atoms with van der Waals surface area (Å²) in [5.74, 6) is -0.297. The van der Waals surface area contributed by atoms with Crippen molar-refractivity contribution in [2.75, 3.05) is 33.9 Å². The van der Waals surface area contributed by atoms with Gasteiger partial charge in [-0.05, 0) is 36.5 Å². The van der Waals surface area contributed by atoms with E-state index in [1.165, 1.54) is 6.07 Å². The maximum Gasteiger partial charge on any atom is 0.228 e. The molecule has 1 fully saturated rings. The van der Waals surface area contributed by atoms with Crippen LogP contribution in [-0.2, 0) is 20.7 Å². The number of hydrogen-bond donors (Lipinski definition) is 1. The van der Waals surface area contributed by atoms with E-state index in [1.807, 2.05) is 30.3 Å². The van der Waals surface area contributed by atoms with E-state index < -0.39 is 5.41 Å². The van der Waals surface area contributed by atoms with Crippen molar-refractivity contribution >= 4 is 11.8 Å². The molecule has 1 atom stereocenters. The lowest BCUT2D eigenvalue weighted by Crippen LogP contribution is -2.54. The molecular weight excluding hydrogens is 383 g/mol. The second-order valence-corrected chi connectivity index (χ2v) is 7.87. The molecule has 2 amide bonds. The van der Waals surface area contributed by atoms with Crippen molar-refractivity contribution in [3.05, 3.63) is 59.9 Å². The minimum atomic E-state index is -0.671. The van der Waals surface area contributed by atoms with Crippen molar-refractivity contribution in [3.8, 4) is 11.1 Å². The van der Waals surface area contributed by atoms with E-state index in [1.54, 1.807) is 31.2 Å². The molecule has 0 spiro atoms. The number of carbonyl (C=O) groups is 2. The van der Waals surface area contributed by atoms with Gasteiger partial charge in [-0.2, -0.15) is 0 Å². The summed E-state index contributed by atoms with van der Waals surface area (Å²) in [6.45, 7) is 1.43. The smallest absolute Gasteiger partial charge is 0.228 e. The topological polar surface area (TPSA) is 58.6 Å². The van der Waals surface area contributed by atoms with Gasteiger partial charge in [0, 0.05) is 32.8 Å². The van der Waals surface area contributed by atoms with Crippen LogP contribution in [0.3, 0.4) is 0 Å². The average molecular weight is 413 g/mol.